The van der Waals surface area contributed by atoms with Gasteiger partial charge in [0.05, 0.1) is 31.9 Å². The van der Waals surface area contributed by atoms with Gasteiger partial charge in [-0.15, -0.1) is 0 Å². The third-order valence-electron chi connectivity index (χ3n) is 5.01. The third kappa shape index (κ3) is 4.13. The van der Waals surface area contributed by atoms with E-state index in [1.54, 1.807) is 11.8 Å². The lowest BCUT2D eigenvalue weighted by Gasteiger charge is -2.35. The summed E-state index contributed by atoms with van der Waals surface area (Å²) in [5, 5.41) is 0. The van der Waals surface area contributed by atoms with Gasteiger partial charge in [-0.1, -0.05) is 12.1 Å². The topological polar surface area (TPSA) is 58.9 Å². The van der Waals surface area contributed by atoms with Gasteiger partial charge in [0.25, 0.3) is 5.91 Å². The van der Waals surface area contributed by atoms with Gasteiger partial charge in [-0.25, -0.2) is 8.42 Å². The van der Waals surface area contributed by atoms with Gasteiger partial charge in [-0.3, -0.25) is 4.79 Å². The van der Waals surface area contributed by atoms with E-state index in [9.17, 15) is 13.2 Å². The Labute approximate surface area is 148 Å². The Morgan fingerprint density at radius 1 is 1.25 bits per heavy atom. The van der Waals surface area contributed by atoms with Gasteiger partial charge >= 0.3 is 0 Å². The molecule has 1 aromatic carbocycles. The molecule has 5 nitrogen and oxygen atoms in total. The van der Waals surface area contributed by atoms with Gasteiger partial charge < -0.3 is 9.80 Å². The Kier molecular flexibility index (Phi) is 5.52. The molecule has 1 aromatic rings. The molecule has 0 spiro atoms. The Morgan fingerprint density at radius 2 is 1.92 bits per heavy atom. The normalized spacial score (nSPS) is 24.2. The summed E-state index contributed by atoms with van der Waals surface area (Å²) in [5.74, 6) is 1.68. The van der Waals surface area contributed by atoms with Crippen LogP contribution in [0.2, 0.25) is 0 Å². The zero-order chi connectivity index (χ0) is 17.2. The second-order valence-electron chi connectivity index (χ2n) is 6.68. The first kappa shape index (κ1) is 17.8. The molecule has 1 N–H and O–H groups in total. The number of nitrogens with zero attached hydrogens (tertiary/aromatic N) is 1. The molecule has 2 saturated heterocycles. The molecule has 0 aromatic heterocycles. The maximum atomic E-state index is 12.6. The summed E-state index contributed by atoms with van der Waals surface area (Å²) in [6.45, 7) is 3.10. The number of quaternary nitrogens is 1. The number of nitrogens with one attached hydrogen (secondary N) is 1. The molecule has 2 fully saturated rings. The Bertz CT molecular complexity index is 680. The molecule has 24 heavy (non-hydrogen) atoms. The monoisotopic (exact) mass is 369 g/mol. The highest BCUT2D eigenvalue weighted by atomic mass is 32.2. The van der Waals surface area contributed by atoms with Crippen LogP contribution in [0.15, 0.2) is 24.3 Å². The fourth-order valence-electron chi connectivity index (χ4n) is 3.62. The fraction of sp³-hybridized carbons (Fsp3) is 0.588. The van der Waals surface area contributed by atoms with Gasteiger partial charge in [0.15, 0.2) is 9.84 Å². The molecule has 1 amide bonds. The second kappa shape index (κ2) is 7.45. The molecule has 7 heteroatoms. The number of benzene rings is 1. The molecule has 0 aliphatic carbocycles. The van der Waals surface area contributed by atoms with E-state index in [2.05, 4.69) is 6.26 Å². The molecule has 0 bridgehead atoms. The van der Waals surface area contributed by atoms with Crippen LogP contribution in [0.4, 0.5) is 0 Å². The summed E-state index contributed by atoms with van der Waals surface area (Å²) < 4.78 is 23.3. The number of carbonyl (C=O) groups is 1. The maximum Gasteiger partial charge on any atom is 0.254 e. The number of sulfone groups is 1. The minimum Gasteiger partial charge on any atom is -0.329 e. The smallest absolute Gasteiger partial charge is 0.254 e. The summed E-state index contributed by atoms with van der Waals surface area (Å²) in [5.41, 5.74) is 1.97. The molecule has 1 atom stereocenters. The summed E-state index contributed by atoms with van der Waals surface area (Å²) >= 11 is 1.77. The quantitative estimate of drug-likeness (QED) is 0.817. The van der Waals surface area contributed by atoms with Gasteiger partial charge in [0.2, 0.25) is 0 Å². The van der Waals surface area contributed by atoms with Crippen LogP contribution in [-0.2, 0) is 15.6 Å². The van der Waals surface area contributed by atoms with Crippen molar-refractivity contribution < 1.29 is 18.1 Å². The average molecular weight is 370 g/mol. The first-order chi connectivity index (χ1) is 11.5. The number of rotatable bonds is 4. The van der Waals surface area contributed by atoms with Crippen LogP contribution in [0.25, 0.3) is 0 Å². The summed E-state index contributed by atoms with van der Waals surface area (Å²) in [7, 11) is -2.83. The highest BCUT2D eigenvalue weighted by Crippen LogP contribution is 2.13. The summed E-state index contributed by atoms with van der Waals surface area (Å²) in [6.07, 6.45) is 2.83. The zero-order valence-corrected chi connectivity index (χ0v) is 15.7. The van der Waals surface area contributed by atoms with E-state index >= 15 is 0 Å². The largest absolute Gasteiger partial charge is 0.329 e. The highest BCUT2D eigenvalue weighted by Gasteiger charge is 2.37. The first-order valence-electron chi connectivity index (χ1n) is 8.40. The lowest BCUT2D eigenvalue weighted by molar-refractivity contribution is -0.925. The number of amides is 1. The van der Waals surface area contributed by atoms with Crippen molar-refractivity contribution in [1.29, 1.82) is 0 Å². The standard InChI is InChI=1S/C17H24N2O3S2/c1-23-12-14-2-4-15(5-3-14)17(20)19-9-7-18(8-10-19)16-6-11-24(21,22)13-16/h2-5,16H,6-13H2,1H3/p+1/t16-/m1/s1. The van der Waals surface area contributed by atoms with Gasteiger partial charge in [0.1, 0.15) is 11.8 Å². The number of piperazine rings is 1. The molecular formula is C17H25N2O3S2+. The molecule has 0 saturated carbocycles. The van der Waals surface area contributed by atoms with E-state index in [1.165, 1.54) is 10.5 Å². The molecule has 2 aliphatic rings. The fourth-order valence-corrected chi connectivity index (χ4v) is 5.97. The predicted molar refractivity (Wildman–Crippen MR) is 97.3 cm³/mol. The number of carbonyl (C=O) groups excluding carboxylic acids is 1. The maximum absolute atomic E-state index is 12.6. The van der Waals surface area contributed by atoms with E-state index in [0.29, 0.717) is 24.6 Å². The number of hydrogen-bond acceptors (Lipinski definition) is 4. The van der Waals surface area contributed by atoms with Crippen LogP contribution in [0.3, 0.4) is 0 Å². The van der Waals surface area contributed by atoms with Crippen molar-refractivity contribution in [1.82, 2.24) is 4.90 Å². The molecule has 2 aliphatic heterocycles. The van der Waals surface area contributed by atoms with Crippen LogP contribution < -0.4 is 4.90 Å². The Balaban J connectivity index is 1.55. The van der Waals surface area contributed by atoms with E-state index in [0.717, 1.165) is 30.8 Å². The average Bonchev–Trinajstić information content (AvgIpc) is 2.95. The van der Waals surface area contributed by atoms with Crippen molar-refractivity contribution in [3.05, 3.63) is 35.4 Å². The highest BCUT2D eigenvalue weighted by molar-refractivity contribution is 7.97. The van der Waals surface area contributed by atoms with E-state index < -0.39 is 9.84 Å². The van der Waals surface area contributed by atoms with Gasteiger partial charge in [-0.05, 0) is 24.0 Å². The van der Waals surface area contributed by atoms with E-state index in [-0.39, 0.29) is 11.9 Å². The lowest BCUT2D eigenvalue weighted by atomic mass is 10.1. The van der Waals surface area contributed by atoms with E-state index in [4.69, 9.17) is 0 Å². The van der Waals surface area contributed by atoms with Gasteiger partial charge in [-0.2, -0.15) is 11.8 Å². The van der Waals surface area contributed by atoms with Crippen LogP contribution in [0, 0.1) is 0 Å². The lowest BCUT2D eigenvalue weighted by Crippen LogP contribution is -3.18. The molecule has 2 heterocycles. The number of thioether (sulfide) groups is 1. The number of hydrogen-bond donors (Lipinski definition) is 1. The SMILES string of the molecule is CSCc1ccc(C(=O)N2CC[NH+]([C@@H]3CCS(=O)(=O)C3)CC2)cc1. The van der Waals surface area contributed by atoms with Crippen LogP contribution in [0.1, 0.15) is 22.3 Å². The first-order valence-corrected chi connectivity index (χ1v) is 11.6. The third-order valence-corrected chi connectivity index (χ3v) is 7.40. The zero-order valence-electron chi connectivity index (χ0n) is 14.0. The van der Waals surface area contributed by atoms with Crippen LogP contribution >= 0.6 is 11.8 Å². The van der Waals surface area contributed by atoms with Crippen molar-refractivity contribution in [2.24, 2.45) is 0 Å². The Hall–Kier alpha value is -1.05. The summed E-state index contributed by atoms with van der Waals surface area (Å²) in [6, 6.07) is 8.09. The summed E-state index contributed by atoms with van der Waals surface area (Å²) in [4.78, 5) is 15.9. The molecule has 132 valence electrons. The molecular weight excluding hydrogens is 344 g/mol. The van der Waals surface area contributed by atoms with Crippen LogP contribution in [0.5, 0.6) is 0 Å². The van der Waals surface area contributed by atoms with Gasteiger partial charge in [0, 0.05) is 17.7 Å². The van der Waals surface area contributed by atoms with Crippen molar-refractivity contribution >= 4 is 27.5 Å². The van der Waals surface area contributed by atoms with Crippen molar-refractivity contribution in [3.63, 3.8) is 0 Å². The molecule has 3 rings (SSSR count). The predicted octanol–water partition coefficient (Wildman–Crippen LogP) is 0.0774. The molecule has 0 unspecified atom stereocenters. The van der Waals surface area contributed by atoms with E-state index in [1.807, 2.05) is 29.2 Å². The minimum atomic E-state index is -2.83. The van der Waals surface area contributed by atoms with Crippen LogP contribution in [-0.4, -0.2) is 69.2 Å². The second-order valence-corrected chi connectivity index (χ2v) is 9.78. The van der Waals surface area contributed by atoms with Crippen molar-refractivity contribution in [2.45, 2.75) is 18.2 Å². The molecule has 0 radical (unpaired) electrons. The van der Waals surface area contributed by atoms with Crippen molar-refractivity contribution in [2.75, 3.05) is 43.9 Å². The minimum absolute atomic E-state index is 0.0868. The Morgan fingerprint density at radius 3 is 2.46 bits per heavy atom. The van der Waals surface area contributed by atoms with Crippen molar-refractivity contribution in [3.8, 4) is 0 Å².